The van der Waals surface area contributed by atoms with E-state index < -0.39 is 0 Å². The summed E-state index contributed by atoms with van der Waals surface area (Å²) >= 11 is 0. The molecule has 1 unspecified atom stereocenters. The molecule has 0 heteroatoms. The number of hydrogen-bond acceptors (Lipinski definition) is 0. The van der Waals surface area contributed by atoms with Gasteiger partial charge in [-0.05, 0) is 18.8 Å². The van der Waals surface area contributed by atoms with Gasteiger partial charge in [0.15, 0.2) is 0 Å². The molecule has 1 aliphatic carbocycles. The van der Waals surface area contributed by atoms with E-state index >= 15 is 0 Å². The zero-order valence-corrected chi connectivity index (χ0v) is 5.56. The van der Waals surface area contributed by atoms with Crippen molar-refractivity contribution in [2.24, 2.45) is 5.92 Å². The summed E-state index contributed by atoms with van der Waals surface area (Å²) in [7, 11) is 0. The van der Waals surface area contributed by atoms with Crippen LogP contribution in [-0.4, -0.2) is 0 Å². The molecule has 0 fully saturated rings. The summed E-state index contributed by atoms with van der Waals surface area (Å²) in [6.07, 6.45) is 10.1. The van der Waals surface area contributed by atoms with Gasteiger partial charge in [-0.25, -0.2) is 0 Å². The molecule has 1 rings (SSSR count). The molecule has 46 valence electrons. The van der Waals surface area contributed by atoms with Gasteiger partial charge in [-0.15, -0.1) is 0 Å². The van der Waals surface area contributed by atoms with Crippen LogP contribution in [0, 0.1) is 5.92 Å². The summed E-state index contributed by atoms with van der Waals surface area (Å²) in [5.74, 6) is 0.954. The van der Waals surface area contributed by atoms with Gasteiger partial charge in [-0.2, -0.15) is 0 Å². The molecule has 0 aromatic carbocycles. The van der Waals surface area contributed by atoms with Crippen molar-refractivity contribution in [2.75, 3.05) is 0 Å². The van der Waals surface area contributed by atoms with E-state index in [1.165, 1.54) is 25.7 Å². The first-order chi connectivity index (χ1) is 3.93. The van der Waals surface area contributed by atoms with Crippen LogP contribution in [0.3, 0.4) is 0 Å². The second kappa shape index (κ2) is 2.91. The molecule has 0 nitrogen and oxygen atoms in total. The monoisotopic (exact) mass is 110 g/mol. The summed E-state index contributed by atoms with van der Waals surface area (Å²) < 4.78 is 0. The first-order valence-corrected chi connectivity index (χ1v) is 3.60. The maximum absolute atomic E-state index is 2.33. The Balaban J connectivity index is 1.95. The lowest BCUT2D eigenvalue weighted by molar-refractivity contribution is 0.527. The van der Waals surface area contributed by atoms with E-state index in [4.69, 9.17) is 0 Å². The highest BCUT2D eigenvalue weighted by Gasteiger charge is 2.07. The van der Waals surface area contributed by atoms with Crippen molar-refractivity contribution in [3.8, 4) is 0 Å². The first kappa shape index (κ1) is 5.87. The first-order valence-electron chi connectivity index (χ1n) is 3.60. The van der Waals surface area contributed by atoms with Gasteiger partial charge in [-0.1, -0.05) is 31.9 Å². The highest BCUT2D eigenvalue weighted by atomic mass is 14.1. The molecule has 0 radical (unpaired) electrons. The molecule has 1 atom stereocenters. The van der Waals surface area contributed by atoms with Crippen LogP contribution >= 0.6 is 0 Å². The lowest BCUT2D eigenvalue weighted by Crippen LogP contribution is -2.01. The average molecular weight is 110 g/mol. The molecular formula is C8H14. The summed E-state index contributed by atoms with van der Waals surface area (Å²) in [4.78, 5) is 0. The molecule has 0 bridgehead atoms. The maximum atomic E-state index is 2.33. The molecule has 0 aliphatic heterocycles. The molecule has 0 saturated heterocycles. The Bertz CT molecular complexity index is 82.0. The zero-order chi connectivity index (χ0) is 5.82. The lowest BCUT2D eigenvalue weighted by atomic mass is 9.90. The summed E-state index contributed by atoms with van der Waals surface area (Å²) in [6, 6.07) is 0. The van der Waals surface area contributed by atoms with E-state index in [0.29, 0.717) is 0 Å². The van der Waals surface area contributed by atoms with Crippen molar-refractivity contribution in [1.29, 1.82) is 0 Å². The minimum atomic E-state index is 0.954. The molecule has 0 aromatic heterocycles. The molecular weight excluding hydrogens is 96.1 g/mol. The van der Waals surface area contributed by atoms with Crippen LogP contribution < -0.4 is 0 Å². The SMILES string of the molecule is CCCCC1C=CC1. The predicted octanol–water partition coefficient (Wildman–Crippen LogP) is 2.75. The van der Waals surface area contributed by atoms with Gasteiger partial charge in [0.1, 0.15) is 0 Å². The lowest BCUT2D eigenvalue weighted by Gasteiger charge is -2.15. The molecule has 1 aliphatic rings. The van der Waals surface area contributed by atoms with Gasteiger partial charge in [0.25, 0.3) is 0 Å². The Labute approximate surface area is 51.6 Å². The minimum Gasteiger partial charge on any atom is -0.0877 e. The average Bonchev–Trinajstić information content (AvgIpc) is 1.63. The minimum absolute atomic E-state index is 0.954. The fraction of sp³-hybridized carbons (Fsp3) is 0.750. The molecule has 0 spiro atoms. The van der Waals surface area contributed by atoms with Gasteiger partial charge < -0.3 is 0 Å². The van der Waals surface area contributed by atoms with Gasteiger partial charge in [-0.3, -0.25) is 0 Å². The van der Waals surface area contributed by atoms with E-state index in [2.05, 4.69) is 19.1 Å². The van der Waals surface area contributed by atoms with Crippen molar-refractivity contribution in [3.05, 3.63) is 12.2 Å². The molecule has 0 amide bonds. The summed E-state index contributed by atoms with van der Waals surface area (Å²) in [5.41, 5.74) is 0. The zero-order valence-electron chi connectivity index (χ0n) is 5.56. The van der Waals surface area contributed by atoms with Crippen LogP contribution in [0.25, 0.3) is 0 Å². The van der Waals surface area contributed by atoms with Gasteiger partial charge >= 0.3 is 0 Å². The van der Waals surface area contributed by atoms with Crippen LogP contribution in [0.2, 0.25) is 0 Å². The van der Waals surface area contributed by atoms with Crippen LogP contribution in [0.5, 0.6) is 0 Å². The third kappa shape index (κ3) is 1.36. The third-order valence-electron chi connectivity index (χ3n) is 1.78. The summed E-state index contributed by atoms with van der Waals surface area (Å²) in [6.45, 7) is 2.25. The fourth-order valence-corrected chi connectivity index (χ4v) is 1.01. The standard InChI is InChI=1S/C8H14/c1-2-3-5-8-6-4-7-8/h4,6,8H,2-3,5,7H2,1H3. The van der Waals surface area contributed by atoms with Gasteiger partial charge in [0, 0.05) is 0 Å². The van der Waals surface area contributed by atoms with E-state index in [1.54, 1.807) is 0 Å². The largest absolute Gasteiger partial charge is 0.0877 e. The van der Waals surface area contributed by atoms with Gasteiger partial charge in [0.2, 0.25) is 0 Å². The number of allylic oxidation sites excluding steroid dienone is 2. The van der Waals surface area contributed by atoms with E-state index in [0.717, 1.165) is 5.92 Å². The van der Waals surface area contributed by atoms with Crippen LogP contribution in [0.4, 0.5) is 0 Å². The predicted molar refractivity (Wildman–Crippen MR) is 36.8 cm³/mol. The highest BCUT2D eigenvalue weighted by Crippen LogP contribution is 2.22. The molecule has 0 N–H and O–H groups in total. The Kier molecular flexibility index (Phi) is 2.13. The topological polar surface area (TPSA) is 0 Å². The molecule has 0 saturated carbocycles. The second-order valence-corrected chi connectivity index (χ2v) is 2.57. The molecule has 0 aromatic rings. The Hall–Kier alpha value is -0.260. The normalized spacial score (nSPS) is 25.4. The highest BCUT2D eigenvalue weighted by molar-refractivity contribution is 5.01. The van der Waals surface area contributed by atoms with Crippen molar-refractivity contribution >= 4 is 0 Å². The van der Waals surface area contributed by atoms with Crippen molar-refractivity contribution in [3.63, 3.8) is 0 Å². The summed E-state index contributed by atoms with van der Waals surface area (Å²) in [5, 5.41) is 0. The Morgan fingerprint density at radius 1 is 1.62 bits per heavy atom. The fourth-order valence-electron chi connectivity index (χ4n) is 1.01. The quantitative estimate of drug-likeness (QED) is 0.490. The number of rotatable bonds is 3. The van der Waals surface area contributed by atoms with Crippen LogP contribution in [-0.2, 0) is 0 Å². The van der Waals surface area contributed by atoms with E-state index in [9.17, 15) is 0 Å². The molecule has 0 heterocycles. The second-order valence-electron chi connectivity index (χ2n) is 2.57. The maximum Gasteiger partial charge on any atom is -0.0199 e. The van der Waals surface area contributed by atoms with Crippen molar-refractivity contribution < 1.29 is 0 Å². The van der Waals surface area contributed by atoms with E-state index in [1.807, 2.05) is 0 Å². The number of unbranched alkanes of at least 4 members (excludes halogenated alkanes) is 1. The van der Waals surface area contributed by atoms with Crippen LogP contribution in [0.1, 0.15) is 32.6 Å². The van der Waals surface area contributed by atoms with Gasteiger partial charge in [0.05, 0.1) is 0 Å². The number of hydrogen-bond donors (Lipinski definition) is 0. The van der Waals surface area contributed by atoms with Crippen LogP contribution in [0.15, 0.2) is 12.2 Å². The molecule has 8 heavy (non-hydrogen) atoms. The Morgan fingerprint density at radius 3 is 2.75 bits per heavy atom. The third-order valence-corrected chi connectivity index (χ3v) is 1.78. The smallest absolute Gasteiger partial charge is 0.0199 e. The van der Waals surface area contributed by atoms with Crippen molar-refractivity contribution in [1.82, 2.24) is 0 Å². The van der Waals surface area contributed by atoms with Crippen molar-refractivity contribution in [2.45, 2.75) is 32.6 Å². The van der Waals surface area contributed by atoms with E-state index in [-0.39, 0.29) is 0 Å². The Morgan fingerprint density at radius 2 is 2.38 bits per heavy atom.